The molecule has 2 N–H and O–H groups in total. The first-order valence-corrected chi connectivity index (χ1v) is 9.36. The van der Waals surface area contributed by atoms with Crippen molar-refractivity contribution in [1.82, 2.24) is 4.90 Å². The van der Waals surface area contributed by atoms with Gasteiger partial charge in [-0.05, 0) is 35.8 Å². The number of carbonyl (C=O) groups excluding carboxylic acids is 2. The van der Waals surface area contributed by atoms with Crippen molar-refractivity contribution in [2.24, 2.45) is 0 Å². The molecule has 1 saturated heterocycles. The van der Waals surface area contributed by atoms with Crippen LogP contribution in [-0.4, -0.2) is 36.0 Å². The van der Waals surface area contributed by atoms with Crippen molar-refractivity contribution in [2.45, 2.75) is 24.9 Å². The molecule has 1 fully saturated rings. The van der Waals surface area contributed by atoms with Crippen molar-refractivity contribution >= 4 is 35.6 Å². The SMILES string of the molecule is Nc1c(Cl)cc(/C=C/C(=O)N2C(C=O)OC[C@H]2Cc2ccccc2)cc1C(F)(F)F. The first kappa shape index (κ1) is 21.9. The molecule has 0 aromatic heterocycles. The van der Waals surface area contributed by atoms with Crippen LogP contribution in [0.1, 0.15) is 16.7 Å². The number of carbonyl (C=O) groups is 2. The van der Waals surface area contributed by atoms with Gasteiger partial charge in [-0.3, -0.25) is 9.59 Å². The maximum absolute atomic E-state index is 13.1. The molecule has 1 aliphatic heterocycles. The summed E-state index contributed by atoms with van der Waals surface area (Å²) in [5.41, 5.74) is 4.76. The molecule has 158 valence electrons. The maximum atomic E-state index is 13.1. The molecule has 0 radical (unpaired) electrons. The van der Waals surface area contributed by atoms with Gasteiger partial charge in [0.25, 0.3) is 0 Å². The monoisotopic (exact) mass is 438 g/mol. The third kappa shape index (κ3) is 4.83. The third-order valence-electron chi connectivity index (χ3n) is 4.69. The number of nitrogen functional groups attached to an aromatic ring is 1. The van der Waals surface area contributed by atoms with Crippen molar-refractivity contribution < 1.29 is 27.5 Å². The molecular weight excluding hydrogens is 421 g/mol. The molecule has 5 nitrogen and oxygen atoms in total. The summed E-state index contributed by atoms with van der Waals surface area (Å²) in [6, 6.07) is 11.0. The number of nitrogens with two attached hydrogens (primary N) is 1. The number of hydrogen-bond donors (Lipinski definition) is 1. The van der Waals surface area contributed by atoms with Gasteiger partial charge in [0.2, 0.25) is 5.91 Å². The Bertz CT molecular complexity index is 964. The molecule has 1 unspecified atom stereocenters. The molecule has 2 aromatic rings. The lowest BCUT2D eigenvalue weighted by molar-refractivity contribution is -0.138. The summed E-state index contributed by atoms with van der Waals surface area (Å²) < 4.78 is 44.7. The molecule has 3 rings (SSSR count). The van der Waals surface area contributed by atoms with Crippen LogP contribution in [0.15, 0.2) is 48.5 Å². The number of halogens is 4. The first-order chi connectivity index (χ1) is 14.2. The zero-order valence-electron chi connectivity index (χ0n) is 15.6. The molecule has 1 amide bonds. The average Bonchev–Trinajstić information content (AvgIpc) is 3.11. The topological polar surface area (TPSA) is 72.6 Å². The number of alkyl halides is 3. The Morgan fingerprint density at radius 2 is 1.97 bits per heavy atom. The standard InChI is InChI=1S/C21H18ClF3N2O3/c22-17-10-14(9-16(20(17)26)21(23,24)25)6-7-18(29)27-15(12-30-19(27)11-28)8-13-4-2-1-3-5-13/h1-7,9-11,15,19H,8,12,26H2/b7-6+/t15-,19?/m1/s1. The van der Waals surface area contributed by atoms with E-state index in [0.29, 0.717) is 12.7 Å². The Hall–Kier alpha value is -2.84. The Morgan fingerprint density at radius 1 is 1.27 bits per heavy atom. The quantitative estimate of drug-likeness (QED) is 0.436. The molecule has 30 heavy (non-hydrogen) atoms. The molecule has 2 atom stereocenters. The molecule has 0 spiro atoms. The molecule has 0 bridgehead atoms. The van der Waals surface area contributed by atoms with Gasteiger partial charge in [0.15, 0.2) is 12.5 Å². The Labute approximate surface area is 175 Å². The summed E-state index contributed by atoms with van der Waals surface area (Å²) in [5.74, 6) is -0.563. The lowest BCUT2D eigenvalue weighted by atomic mass is 10.1. The molecular formula is C21H18ClF3N2O3. The third-order valence-corrected chi connectivity index (χ3v) is 5.00. The highest BCUT2D eigenvalue weighted by molar-refractivity contribution is 6.33. The van der Waals surface area contributed by atoms with Gasteiger partial charge >= 0.3 is 6.18 Å². The zero-order chi connectivity index (χ0) is 21.9. The van der Waals surface area contributed by atoms with E-state index in [9.17, 15) is 22.8 Å². The number of nitrogens with zero attached hydrogens (tertiary/aromatic N) is 1. The van der Waals surface area contributed by atoms with Crippen LogP contribution in [0.5, 0.6) is 0 Å². The summed E-state index contributed by atoms with van der Waals surface area (Å²) >= 11 is 5.81. The predicted octanol–water partition coefficient (Wildman–Crippen LogP) is 3.95. The van der Waals surface area contributed by atoms with E-state index < -0.39 is 29.6 Å². The van der Waals surface area contributed by atoms with Gasteiger partial charge in [-0.15, -0.1) is 0 Å². The van der Waals surface area contributed by atoms with Crippen molar-refractivity contribution in [2.75, 3.05) is 12.3 Å². The van der Waals surface area contributed by atoms with E-state index in [1.807, 2.05) is 30.3 Å². The minimum Gasteiger partial charge on any atom is -0.397 e. The zero-order valence-corrected chi connectivity index (χ0v) is 16.4. The Morgan fingerprint density at radius 3 is 2.60 bits per heavy atom. The van der Waals surface area contributed by atoms with Crippen molar-refractivity contribution in [3.8, 4) is 0 Å². The fourth-order valence-electron chi connectivity index (χ4n) is 3.25. The molecule has 2 aromatic carbocycles. The van der Waals surface area contributed by atoms with Gasteiger partial charge in [0.1, 0.15) is 0 Å². The van der Waals surface area contributed by atoms with Gasteiger partial charge in [-0.1, -0.05) is 41.9 Å². The predicted molar refractivity (Wildman–Crippen MR) is 106 cm³/mol. The lowest BCUT2D eigenvalue weighted by Gasteiger charge is -2.24. The second kappa shape index (κ2) is 8.89. The Kier molecular flexibility index (Phi) is 6.48. The van der Waals surface area contributed by atoms with E-state index in [1.165, 1.54) is 17.0 Å². The van der Waals surface area contributed by atoms with Crippen molar-refractivity contribution in [3.05, 3.63) is 70.3 Å². The molecule has 1 aliphatic rings. The number of aldehydes is 1. The minimum atomic E-state index is -4.69. The second-order valence-corrected chi connectivity index (χ2v) is 7.15. The number of benzene rings is 2. The number of ether oxygens (including phenoxy) is 1. The molecule has 9 heteroatoms. The number of hydrogen-bond acceptors (Lipinski definition) is 4. The van der Waals surface area contributed by atoms with Crippen LogP contribution in [0, 0.1) is 0 Å². The summed E-state index contributed by atoms with van der Waals surface area (Å²) in [7, 11) is 0. The highest BCUT2D eigenvalue weighted by atomic mass is 35.5. The summed E-state index contributed by atoms with van der Waals surface area (Å²) in [5, 5.41) is -0.269. The van der Waals surface area contributed by atoms with Crippen LogP contribution in [0.25, 0.3) is 6.08 Å². The highest BCUT2D eigenvalue weighted by Gasteiger charge is 2.37. The maximum Gasteiger partial charge on any atom is 0.418 e. The highest BCUT2D eigenvalue weighted by Crippen LogP contribution is 2.38. The number of anilines is 1. The van der Waals surface area contributed by atoms with Gasteiger partial charge in [0, 0.05) is 6.08 Å². The second-order valence-electron chi connectivity index (χ2n) is 6.74. The average molecular weight is 439 g/mol. The van der Waals surface area contributed by atoms with Crippen LogP contribution in [0.3, 0.4) is 0 Å². The van der Waals surface area contributed by atoms with E-state index in [1.54, 1.807) is 0 Å². The van der Waals surface area contributed by atoms with Crippen LogP contribution in [0.4, 0.5) is 18.9 Å². The van der Waals surface area contributed by atoms with Gasteiger partial charge in [-0.2, -0.15) is 13.2 Å². The summed E-state index contributed by atoms with van der Waals surface area (Å²) in [6.07, 6.45) is -2.48. The largest absolute Gasteiger partial charge is 0.418 e. The van der Waals surface area contributed by atoms with Gasteiger partial charge in [0.05, 0.1) is 28.9 Å². The smallest absolute Gasteiger partial charge is 0.397 e. The Balaban J connectivity index is 1.83. The number of amides is 1. The fourth-order valence-corrected chi connectivity index (χ4v) is 3.48. The fraction of sp³-hybridized carbons (Fsp3) is 0.238. The van der Waals surface area contributed by atoms with E-state index in [2.05, 4.69) is 0 Å². The van der Waals surface area contributed by atoms with Crippen LogP contribution in [0.2, 0.25) is 5.02 Å². The van der Waals surface area contributed by atoms with Crippen molar-refractivity contribution in [1.29, 1.82) is 0 Å². The first-order valence-electron chi connectivity index (χ1n) is 8.98. The van der Waals surface area contributed by atoms with Gasteiger partial charge in [-0.25, -0.2) is 0 Å². The summed E-state index contributed by atoms with van der Waals surface area (Å²) in [4.78, 5) is 25.4. The van der Waals surface area contributed by atoms with Crippen LogP contribution >= 0.6 is 11.6 Å². The van der Waals surface area contributed by atoms with E-state index in [4.69, 9.17) is 22.1 Å². The normalized spacial score (nSPS) is 19.4. The molecule has 0 saturated carbocycles. The minimum absolute atomic E-state index is 0.0530. The van der Waals surface area contributed by atoms with E-state index in [0.717, 1.165) is 17.7 Å². The molecule has 0 aliphatic carbocycles. The van der Waals surface area contributed by atoms with Crippen LogP contribution in [-0.2, 0) is 26.9 Å². The van der Waals surface area contributed by atoms with E-state index in [-0.39, 0.29) is 23.2 Å². The summed E-state index contributed by atoms with van der Waals surface area (Å²) in [6.45, 7) is 0.170. The van der Waals surface area contributed by atoms with Gasteiger partial charge < -0.3 is 15.4 Å². The van der Waals surface area contributed by atoms with Crippen LogP contribution < -0.4 is 5.73 Å². The lowest BCUT2D eigenvalue weighted by Crippen LogP contribution is -2.42. The number of rotatable bonds is 5. The molecule has 1 heterocycles. The van der Waals surface area contributed by atoms with Crippen molar-refractivity contribution in [3.63, 3.8) is 0 Å². The van der Waals surface area contributed by atoms with E-state index >= 15 is 0 Å².